The van der Waals surface area contributed by atoms with Crippen LogP contribution in [-0.4, -0.2) is 12.6 Å². The lowest BCUT2D eigenvalue weighted by atomic mass is 10.0. The third kappa shape index (κ3) is 4.09. The highest BCUT2D eigenvalue weighted by molar-refractivity contribution is 6.30. The maximum Gasteiger partial charge on any atom is 0.0406 e. The minimum atomic E-state index is 0.208. The van der Waals surface area contributed by atoms with Crippen LogP contribution in [0.1, 0.15) is 18.4 Å². The van der Waals surface area contributed by atoms with E-state index < -0.39 is 0 Å². The molecule has 78 valence electrons. The first-order valence-electron chi connectivity index (χ1n) is 4.92. The van der Waals surface area contributed by atoms with E-state index in [9.17, 15) is 0 Å². The SMILES string of the molecule is NCCCC(N)Cc1ccc(Cl)cc1. The lowest BCUT2D eigenvalue weighted by Gasteiger charge is -2.10. The van der Waals surface area contributed by atoms with Crippen LogP contribution in [0.3, 0.4) is 0 Å². The van der Waals surface area contributed by atoms with Crippen molar-refractivity contribution in [3.05, 3.63) is 34.9 Å². The van der Waals surface area contributed by atoms with Gasteiger partial charge in [0, 0.05) is 11.1 Å². The number of hydrogen-bond acceptors (Lipinski definition) is 2. The highest BCUT2D eigenvalue weighted by atomic mass is 35.5. The molecule has 1 unspecified atom stereocenters. The fourth-order valence-electron chi connectivity index (χ4n) is 1.41. The van der Waals surface area contributed by atoms with Gasteiger partial charge >= 0.3 is 0 Å². The lowest BCUT2D eigenvalue weighted by Crippen LogP contribution is -2.23. The number of rotatable bonds is 5. The van der Waals surface area contributed by atoms with Crippen LogP contribution in [0.5, 0.6) is 0 Å². The van der Waals surface area contributed by atoms with Crippen molar-refractivity contribution >= 4 is 11.6 Å². The average molecular weight is 213 g/mol. The largest absolute Gasteiger partial charge is 0.330 e. The maximum absolute atomic E-state index is 5.94. The Kier molecular flexibility index (Phi) is 4.94. The van der Waals surface area contributed by atoms with Crippen molar-refractivity contribution in [1.29, 1.82) is 0 Å². The van der Waals surface area contributed by atoms with Gasteiger partial charge in [-0.25, -0.2) is 0 Å². The molecule has 0 aliphatic heterocycles. The van der Waals surface area contributed by atoms with E-state index in [0.717, 1.165) is 24.3 Å². The van der Waals surface area contributed by atoms with Gasteiger partial charge in [0.25, 0.3) is 0 Å². The zero-order valence-electron chi connectivity index (χ0n) is 8.25. The van der Waals surface area contributed by atoms with Crippen molar-refractivity contribution in [2.75, 3.05) is 6.54 Å². The average Bonchev–Trinajstić information content (AvgIpc) is 2.18. The van der Waals surface area contributed by atoms with E-state index in [1.165, 1.54) is 5.56 Å². The smallest absolute Gasteiger partial charge is 0.0406 e. The van der Waals surface area contributed by atoms with Gasteiger partial charge in [-0.15, -0.1) is 0 Å². The monoisotopic (exact) mass is 212 g/mol. The zero-order chi connectivity index (χ0) is 10.4. The number of nitrogens with two attached hydrogens (primary N) is 2. The minimum Gasteiger partial charge on any atom is -0.330 e. The highest BCUT2D eigenvalue weighted by Gasteiger charge is 2.03. The molecule has 0 amide bonds. The minimum absolute atomic E-state index is 0.208. The Bertz CT molecular complexity index is 258. The molecule has 14 heavy (non-hydrogen) atoms. The predicted octanol–water partition coefficient (Wildman–Crippen LogP) is 1.95. The van der Waals surface area contributed by atoms with E-state index in [2.05, 4.69) is 0 Å². The molecule has 0 radical (unpaired) electrons. The van der Waals surface area contributed by atoms with Crippen LogP contribution in [0.25, 0.3) is 0 Å². The quantitative estimate of drug-likeness (QED) is 0.784. The van der Waals surface area contributed by atoms with Gasteiger partial charge in [-0.05, 0) is 43.5 Å². The van der Waals surface area contributed by atoms with Crippen molar-refractivity contribution in [1.82, 2.24) is 0 Å². The summed E-state index contributed by atoms with van der Waals surface area (Å²) >= 11 is 5.78. The zero-order valence-corrected chi connectivity index (χ0v) is 9.00. The van der Waals surface area contributed by atoms with Gasteiger partial charge in [-0.2, -0.15) is 0 Å². The van der Waals surface area contributed by atoms with E-state index in [0.29, 0.717) is 6.54 Å². The van der Waals surface area contributed by atoms with Crippen LogP contribution in [-0.2, 0) is 6.42 Å². The Morgan fingerprint density at radius 2 is 1.86 bits per heavy atom. The van der Waals surface area contributed by atoms with Gasteiger partial charge < -0.3 is 11.5 Å². The van der Waals surface area contributed by atoms with E-state index in [4.69, 9.17) is 23.1 Å². The predicted molar refractivity (Wildman–Crippen MR) is 61.4 cm³/mol. The topological polar surface area (TPSA) is 52.0 Å². The standard InChI is InChI=1S/C11H17ClN2/c12-10-5-3-9(4-6-10)8-11(14)2-1-7-13/h3-6,11H,1-2,7-8,13-14H2. The summed E-state index contributed by atoms with van der Waals surface area (Å²) in [5.41, 5.74) is 12.6. The molecule has 0 aromatic heterocycles. The second-order valence-corrected chi connectivity index (χ2v) is 3.96. The van der Waals surface area contributed by atoms with Crippen molar-refractivity contribution < 1.29 is 0 Å². The summed E-state index contributed by atoms with van der Waals surface area (Å²) in [5.74, 6) is 0. The van der Waals surface area contributed by atoms with Crippen LogP contribution in [0.2, 0.25) is 5.02 Å². The van der Waals surface area contributed by atoms with Crippen molar-refractivity contribution in [2.45, 2.75) is 25.3 Å². The molecule has 4 N–H and O–H groups in total. The Balaban J connectivity index is 2.39. The summed E-state index contributed by atoms with van der Waals surface area (Å²) < 4.78 is 0. The highest BCUT2D eigenvalue weighted by Crippen LogP contribution is 2.11. The van der Waals surface area contributed by atoms with Crippen LogP contribution >= 0.6 is 11.6 Å². The van der Waals surface area contributed by atoms with Crippen molar-refractivity contribution in [3.8, 4) is 0 Å². The van der Waals surface area contributed by atoms with Gasteiger partial charge in [0.15, 0.2) is 0 Å². The second-order valence-electron chi connectivity index (χ2n) is 3.52. The maximum atomic E-state index is 5.94. The Morgan fingerprint density at radius 1 is 1.21 bits per heavy atom. The molecule has 0 fully saturated rings. The summed E-state index contributed by atoms with van der Waals surface area (Å²) in [5, 5.41) is 0.768. The molecule has 1 rings (SSSR count). The summed E-state index contributed by atoms with van der Waals surface area (Å²) in [7, 11) is 0. The molecule has 1 atom stereocenters. The van der Waals surface area contributed by atoms with Crippen LogP contribution in [0.15, 0.2) is 24.3 Å². The molecular formula is C11H17ClN2. The van der Waals surface area contributed by atoms with Crippen LogP contribution < -0.4 is 11.5 Å². The normalized spacial score (nSPS) is 12.8. The van der Waals surface area contributed by atoms with Gasteiger partial charge in [0.1, 0.15) is 0 Å². The van der Waals surface area contributed by atoms with Crippen LogP contribution in [0, 0.1) is 0 Å². The third-order valence-corrected chi connectivity index (χ3v) is 2.44. The van der Waals surface area contributed by atoms with Crippen LogP contribution in [0.4, 0.5) is 0 Å². The molecule has 2 nitrogen and oxygen atoms in total. The molecule has 0 bridgehead atoms. The van der Waals surface area contributed by atoms with Gasteiger partial charge in [0.05, 0.1) is 0 Å². The fourth-order valence-corrected chi connectivity index (χ4v) is 1.53. The number of hydrogen-bond donors (Lipinski definition) is 2. The lowest BCUT2D eigenvalue weighted by molar-refractivity contribution is 0.585. The third-order valence-electron chi connectivity index (χ3n) is 2.19. The first-order valence-corrected chi connectivity index (χ1v) is 5.30. The number of halogens is 1. The summed E-state index contributed by atoms with van der Waals surface area (Å²) in [4.78, 5) is 0. The summed E-state index contributed by atoms with van der Waals surface area (Å²) in [6, 6.07) is 8.04. The molecular weight excluding hydrogens is 196 g/mol. The summed E-state index contributed by atoms with van der Waals surface area (Å²) in [6.45, 7) is 0.717. The molecule has 0 saturated heterocycles. The molecule has 0 spiro atoms. The van der Waals surface area contributed by atoms with Gasteiger partial charge in [-0.1, -0.05) is 23.7 Å². The van der Waals surface area contributed by atoms with Gasteiger partial charge in [0.2, 0.25) is 0 Å². The molecule has 0 aliphatic rings. The molecule has 1 aromatic rings. The van der Waals surface area contributed by atoms with Crippen molar-refractivity contribution in [2.24, 2.45) is 11.5 Å². The molecule has 0 saturated carbocycles. The van der Waals surface area contributed by atoms with E-state index in [1.807, 2.05) is 24.3 Å². The van der Waals surface area contributed by atoms with Gasteiger partial charge in [-0.3, -0.25) is 0 Å². The molecule has 1 aromatic carbocycles. The fraction of sp³-hybridized carbons (Fsp3) is 0.455. The molecule has 0 heterocycles. The summed E-state index contributed by atoms with van der Waals surface area (Å²) in [6.07, 6.45) is 2.88. The Hall–Kier alpha value is -0.570. The Labute approximate surface area is 90.2 Å². The second kappa shape index (κ2) is 6.02. The number of benzene rings is 1. The first-order chi connectivity index (χ1) is 6.72. The van der Waals surface area contributed by atoms with E-state index in [1.54, 1.807) is 0 Å². The Morgan fingerprint density at radius 3 is 2.43 bits per heavy atom. The molecule has 3 heteroatoms. The van der Waals surface area contributed by atoms with E-state index in [-0.39, 0.29) is 6.04 Å². The van der Waals surface area contributed by atoms with E-state index >= 15 is 0 Å². The van der Waals surface area contributed by atoms with Crippen molar-refractivity contribution in [3.63, 3.8) is 0 Å². The first kappa shape index (κ1) is 11.5. The molecule has 0 aliphatic carbocycles.